The predicted molar refractivity (Wildman–Crippen MR) is 77.4 cm³/mol. The highest BCUT2D eigenvalue weighted by atomic mass is 35.5. The lowest BCUT2D eigenvalue weighted by Crippen LogP contribution is -2.32. The summed E-state index contributed by atoms with van der Waals surface area (Å²) >= 11 is 6.12. The number of fused-ring (bicyclic) bond motifs is 1. The average Bonchev–Trinajstić information content (AvgIpc) is 2.62. The molecule has 102 valence electrons. The van der Waals surface area contributed by atoms with Crippen molar-refractivity contribution in [1.29, 1.82) is 0 Å². The SMILES string of the molecule is CC1(C)NC(=O)c2ccc(-c3nc(N)ncc3Cl)cc21. The van der Waals surface area contributed by atoms with Crippen molar-refractivity contribution in [3.63, 3.8) is 0 Å². The van der Waals surface area contributed by atoms with Crippen LogP contribution in [0.15, 0.2) is 24.4 Å². The Bertz CT molecular complexity index is 727. The maximum atomic E-state index is 11.9. The third kappa shape index (κ3) is 1.91. The molecule has 20 heavy (non-hydrogen) atoms. The minimum absolute atomic E-state index is 0.0650. The van der Waals surface area contributed by atoms with E-state index < -0.39 is 5.54 Å². The Morgan fingerprint density at radius 1 is 1.35 bits per heavy atom. The Labute approximate surface area is 121 Å². The predicted octanol–water partition coefficient (Wildman–Crippen LogP) is 2.36. The Hall–Kier alpha value is -2.14. The lowest BCUT2D eigenvalue weighted by molar-refractivity contribution is 0.0940. The van der Waals surface area contributed by atoms with Crippen LogP contribution in [-0.4, -0.2) is 15.9 Å². The molecule has 2 aromatic rings. The number of nitrogens with one attached hydrogen (secondary N) is 1. The highest BCUT2D eigenvalue weighted by molar-refractivity contribution is 6.32. The molecule has 3 N–H and O–H groups in total. The summed E-state index contributed by atoms with van der Waals surface area (Å²) in [6.45, 7) is 3.91. The van der Waals surface area contributed by atoms with Gasteiger partial charge in [-0.2, -0.15) is 0 Å². The van der Waals surface area contributed by atoms with Gasteiger partial charge >= 0.3 is 0 Å². The third-order valence-electron chi connectivity index (χ3n) is 3.40. The van der Waals surface area contributed by atoms with E-state index in [4.69, 9.17) is 17.3 Å². The second-order valence-corrected chi connectivity index (χ2v) is 5.67. The minimum Gasteiger partial charge on any atom is -0.368 e. The smallest absolute Gasteiger partial charge is 0.252 e. The zero-order chi connectivity index (χ0) is 14.5. The second-order valence-electron chi connectivity index (χ2n) is 5.26. The summed E-state index contributed by atoms with van der Waals surface area (Å²) in [5.41, 5.74) is 8.18. The number of hydrogen-bond acceptors (Lipinski definition) is 4. The molecule has 1 amide bonds. The van der Waals surface area contributed by atoms with Crippen LogP contribution in [0.5, 0.6) is 0 Å². The molecule has 1 aliphatic rings. The molecule has 1 aliphatic heterocycles. The second kappa shape index (κ2) is 4.18. The van der Waals surface area contributed by atoms with Crippen LogP contribution in [0.25, 0.3) is 11.3 Å². The topological polar surface area (TPSA) is 80.9 Å². The van der Waals surface area contributed by atoms with Gasteiger partial charge in [-0.05, 0) is 31.5 Å². The molecule has 0 unspecified atom stereocenters. The molecule has 0 atom stereocenters. The molecule has 2 heterocycles. The lowest BCUT2D eigenvalue weighted by Gasteiger charge is -2.19. The molecule has 0 bridgehead atoms. The molecular weight excluding hydrogens is 276 g/mol. The fourth-order valence-electron chi connectivity index (χ4n) is 2.41. The zero-order valence-corrected chi connectivity index (χ0v) is 11.8. The summed E-state index contributed by atoms with van der Waals surface area (Å²) < 4.78 is 0. The summed E-state index contributed by atoms with van der Waals surface area (Å²) in [6.07, 6.45) is 1.47. The Morgan fingerprint density at radius 2 is 2.10 bits per heavy atom. The summed E-state index contributed by atoms with van der Waals surface area (Å²) in [7, 11) is 0. The lowest BCUT2D eigenvalue weighted by atomic mass is 9.92. The van der Waals surface area contributed by atoms with E-state index in [1.807, 2.05) is 26.0 Å². The molecule has 6 heteroatoms. The number of amides is 1. The van der Waals surface area contributed by atoms with Crippen molar-refractivity contribution in [2.24, 2.45) is 0 Å². The number of nitrogens with zero attached hydrogens (tertiary/aromatic N) is 2. The number of carbonyl (C=O) groups is 1. The number of nitrogens with two attached hydrogens (primary N) is 1. The first-order chi connectivity index (χ1) is 9.38. The molecule has 1 aromatic carbocycles. The van der Waals surface area contributed by atoms with Gasteiger partial charge in [0.05, 0.1) is 22.5 Å². The number of hydrogen-bond donors (Lipinski definition) is 2. The van der Waals surface area contributed by atoms with E-state index in [1.165, 1.54) is 6.20 Å². The third-order valence-corrected chi connectivity index (χ3v) is 3.68. The number of nitrogen functional groups attached to an aromatic ring is 1. The van der Waals surface area contributed by atoms with Crippen molar-refractivity contribution in [1.82, 2.24) is 15.3 Å². The van der Waals surface area contributed by atoms with Gasteiger partial charge in [0.2, 0.25) is 5.95 Å². The summed E-state index contributed by atoms with van der Waals surface area (Å²) in [5, 5.41) is 3.36. The molecule has 1 aromatic heterocycles. The molecule has 0 spiro atoms. The van der Waals surface area contributed by atoms with Gasteiger partial charge in [0.1, 0.15) is 0 Å². The van der Waals surface area contributed by atoms with E-state index in [2.05, 4.69) is 15.3 Å². The van der Waals surface area contributed by atoms with Crippen molar-refractivity contribution >= 4 is 23.5 Å². The monoisotopic (exact) mass is 288 g/mol. The van der Waals surface area contributed by atoms with E-state index in [0.29, 0.717) is 16.3 Å². The Balaban J connectivity index is 2.19. The molecule has 0 aliphatic carbocycles. The van der Waals surface area contributed by atoms with Crippen LogP contribution in [0.3, 0.4) is 0 Å². The molecule has 0 radical (unpaired) electrons. The van der Waals surface area contributed by atoms with Gasteiger partial charge in [0.15, 0.2) is 0 Å². The highest BCUT2D eigenvalue weighted by Gasteiger charge is 2.35. The number of halogens is 1. The molecule has 0 fully saturated rings. The van der Waals surface area contributed by atoms with E-state index in [0.717, 1.165) is 11.1 Å². The summed E-state index contributed by atoms with van der Waals surface area (Å²) in [4.78, 5) is 19.9. The van der Waals surface area contributed by atoms with Crippen molar-refractivity contribution < 1.29 is 4.79 Å². The Morgan fingerprint density at radius 3 is 2.85 bits per heavy atom. The van der Waals surface area contributed by atoms with E-state index in [-0.39, 0.29) is 11.9 Å². The van der Waals surface area contributed by atoms with E-state index >= 15 is 0 Å². The van der Waals surface area contributed by atoms with E-state index in [1.54, 1.807) is 6.07 Å². The van der Waals surface area contributed by atoms with Gasteiger partial charge in [0, 0.05) is 11.1 Å². The number of anilines is 1. The first kappa shape index (κ1) is 12.9. The van der Waals surface area contributed by atoms with Crippen LogP contribution in [-0.2, 0) is 5.54 Å². The maximum Gasteiger partial charge on any atom is 0.252 e. The fraction of sp³-hybridized carbons (Fsp3) is 0.214. The van der Waals surface area contributed by atoms with Gasteiger partial charge in [-0.25, -0.2) is 9.97 Å². The zero-order valence-electron chi connectivity index (χ0n) is 11.1. The van der Waals surface area contributed by atoms with Gasteiger partial charge in [-0.1, -0.05) is 17.7 Å². The van der Waals surface area contributed by atoms with Crippen LogP contribution in [0.1, 0.15) is 29.8 Å². The molecule has 5 nitrogen and oxygen atoms in total. The quantitative estimate of drug-likeness (QED) is 0.844. The van der Waals surface area contributed by atoms with Crippen LogP contribution in [0.2, 0.25) is 5.02 Å². The number of carbonyl (C=O) groups excluding carboxylic acids is 1. The first-order valence-corrected chi connectivity index (χ1v) is 6.52. The summed E-state index contributed by atoms with van der Waals surface area (Å²) in [6, 6.07) is 5.51. The van der Waals surface area contributed by atoms with Crippen molar-refractivity contribution in [3.8, 4) is 11.3 Å². The van der Waals surface area contributed by atoms with Gasteiger partial charge in [-0.3, -0.25) is 4.79 Å². The van der Waals surface area contributed by atoms with Gasteiger partial charge < -0.3 is 11.1 Å². The summed E-state index contributed by atoms with van der Waals surface area (Å²) in [5.74, 6) is 0.100. The van der Waals surface area contributed by atoms with Gasteiger partial charge in [-0.15, -0.1) is 0 Å². The largest absolute Gasteiger partial charge is 0.368 e. The van der Waals surface area contributed by atoms with Crippen LogP contribution in [0, 0.1) is 0 Å². The number of aromatic nitrogens is 2. The Kier molecular flexibility index (Phi) is 2.69. The fourth-order valence-corrected chi connectivity index (χ4v) is 2.61. The molecule has 3 rings (SSSR count). The van der Waals surface area contributed by atoms with Gasteiger partial charge in [0.25, 0.3) is 5.91 Å². The van der Waals surface area contributed by atoms with Crippen molar-refractivity contribution in [2.75, 3.05) is 5.73 Å². The van der Waals surface area contributed by atoms with Crippen LogP contribution < -0.4 is 11.1 Å². The molecule has 0 saturated heterocycles. The highest BCUT2D eigenvalue weighted by Crippen LogP contribution is 2.35. The maximum absolute atomic E-state index is 11.9. The van der Waals surface area contributed by atoms with E-state index in [9.17, 15) is 4.79 Å². The standard InChI is InChI=1S/C14H13ClN4O/c1-14(2)9-5-7(3-4-8(9)12(20)19-14)11-10(15)6-17-13(16)18-11/h3-6H,1-2H3,(H,19,20)(H2,16,17,18). The van der Waals surface area contributed by atoms with Crippen LogP contribution in [0.4, 0.5) is 5.95 Å². The number of rotatable bonds is 1. The van der Waals surface area contributed by atoms with Crippen molar-refractivity contribution in [3.05, 3.63) is 40.5 Å². The minimum atomic E-state index is -0.409. The number of benzene rings is 1. The molecule has 0 saturated carbocycles. The normalized spacial score (nSPS) is 15.8. The molecular formula is C14H13ClN4O. The van der Waals surface area contributed by atoms with Crippen molar-refractivity contribution in [2.45, 2.75) is 19.4 Å². The average molecular weight is 289 g/mol. The first-order valence-electron chi connectivity index (χ1n) is 6.14. The van der Waals surface area contributed by atoms with Crippen LogP contribution >= 0.6 is 11.6 Å².